The van der Waals surface area contributed by atoms with Crippen LogP contribution >= 0.6 is 0 Å². The number of fused-ring (bicyclic) bond motifs is 2. The van der Waals surface area contributed by atoms with Crippen molar-refractivity contribution in [3.8, 4) is 0 Å². The quantitative estimate of drug-likeness (QED) is 0.565. The summed E-state index contributed by atoms with van der Waals surface area (Å²) in [6.45, 7) is 0. The van der Waals surface area contributed by atoms with E-state index in [-0.39, 0.29) is 0 Å². The van der Waals surface area contributed by atoms with Crippen LogP contribution in [0.25, 0.3) is 0 Å². The van der Waals surface area contributed by atoms with Crippen molar-refractivity contribution >= 4 is 17.1 Å². The zero-order valence-corrected chi connectivity index (χ0v) is 10.2. The van der Waals surface area contributed by atoms with Crippen LogP contribution < -0.4 is 4.90 Å². The van der Waals surface area contributed by atoms with E-state index in [0.717, 1.165) is 16.9 Å². The molecular formula is C15H14N2O. The van der Waals surface area contributed by atoms with E-state index in [4.69, 9.17) is 0 Å². The zero-order valence-electron chi connectivity index (χ0n) is 10.2. The first-order valence-electron chi connectivity index (χ1n) is 5.93. The summed E-state index contributed by atoms with van der Waals surface area (Å²) >= 11 is 0. The molecule has 0 saturated heterocycles. The molecule has 3 rings (SSSR count). The molecular weight excluding hydrogens is 224 g/mol. The molecule has 0 amide bonds. The molecule has 1 heterocycles. The van der Waals surface area contributed by atoms with Crippen molar-refractivity contribution < 1.29 is 5.21 Å². The van der Waals surface area contributed by atoms with Crippen molar-refractivity contribution in [2.24, 2.45) is 5.16 Å². The van der Waals surface area contributed by atoms with Gasteiger partial charge in [-0.3, -0.25) is 0 Å². The van der Waals surface area contributed by atoms with Crippen molar-refractivity contribution in [2.45, 2.75) is 6.42 Å². The number of nitrogens with zero attached hydrogens (tertiary/aromatic N) is 2. The molecule has 1 N–H and O–H groups in total. The average molecular weight is 238 g/mol. The van der Waals surface area contributed by atoms with Gasteiger partial charge in [-0.15, -0.1) is 0 Å². The fourth-order valence-electron chi connectivity index (χ4n) is 2.49. The molecule has 0 saturated carbocycles. The summed E-state index contributed by atoms with van der Waals surface area (Å²) < 4.78 is 0. The van der Waals surface area contributed by atoms with Crippen molar-refractivity contribution in [3.05, 3.63) is 59.7 Å². The minimum Gasteiger partial charge on any atom is -0.411 e. The first-order valence-corrected chi connectivity index (χ1v) is 5.93. The Morgan fingerprint density at radius 1 is 1.00 bits per heavy atom. The lowest BCUT2D eigenvalue weighted by Gasteiger charge is -2.21. The van der Waals surface area contributed by atoms with Crippen LogP contribution in [0.1, 0.15) is 11.1 Å². The fraction of sp³-hybridized carbons (Fsp3) is 0.133. The maximum atomic E-state index is 9.24. The maximum Gasteiger partial charge on any atom is 0.0933 e. The molecule has 0 unspecified atom stereocenters. The highest BCUT2D eigenvalue weighted by Gasteiger charge is 2.21. The van der Waals surface area contributed by atoms with Gasteiger partial charge in [-0.2, -0.15) is 0 Å². The number of oxime groups is 1. The van der Waals surface area contributed by atoms with Crippen molar-refractivity contribution in [2.75, 3.05) is 11.9 Å². The van der Waals surface area contributed by atoms with Gasteiger partial charge in [0.15, 0.2) is 0 Å². The van der Waals surface area contributed by atoms with Crippen LogP contribution in [0.15, 0.2) is 53.7 Å². The predicted octanol–water partition coefficient (Wildman–Crippen LogP) is 3.19. The van der Waals surface area contributed by atoms with Gasteiger partial charge in [-0.05, 0) is 17.7 Å². The van der Waals surface area contributed by atoms with Gasteiger partial charge in [-0.25, -0.2) is 0 Å². The van der Waals surface area contributed by atoms with Crippen molar-refractivity contribution in [1.82, 2.24) is 0 Å². The van der Waals surface area contributed by atoms with E-state index in [2.05, 4.69) is 22.2 Å². The van der Waals surface area contributed by atoms with Gasteiger partial charge in [0.2, 0.25) is 0 Å². The van der Waals surface area contributed by atoms with Gasteiger partial charge < -0.3 is 10.1 Å². The maximum absolute atomic E-state index is 9.24. The third kappa shape index (κ3) is 1.56. The summed E-state index contributed by atoms with van der Waals surface area (Å²) in [6.07, 6.45) is 0.647. The van der Waals surface area contributed by atoms with Gasteiger partial charge in [-0.1, -0.05) is 41.6 Å². The number of benzene rings is 2. The molecule has 90 valence electrons. The molecule has 1 aliphatic heterocycles. The molecule has 3 heteroatoms. The van der Waals surface area contributed by atoms with Gasteiger partial charge in [0, 0.05) is 24.7 Å². The minimum absolute atomic E-state index is 0.647. The van der Waals surface area contributed by atoms with E-state index >= 15 is 0 Å². The second-order valence-corrected chi connectivity index (χ2v) is 4.43. The lowest BCUT2D eigenvalue weighted by Crippen LogP contribution is -2.11. The molecule has 0 fully saturated rings. The van der Waals surface area contributed by atoms with E-state index in [0.29, 0.717) is 12.1 Å². The molecule has 2 aromatic rings. The van der Waals surface area contributed by atoms with E-state index in [1.807, 2.05) is 43.4 Å². The molecule has 0 atom stereocenters. The number of hydrogen-bond donors (Lipinski definition) is 1. The second-order valence-electron chi connectivity index (χ2n) is 4.43. The molecule has 2 aromatic carbocycles. The van der Waals surface area contributed by atoms with Crippen LogP contribution in [0.4, 0.5) is 11.4 Å². The second kappa shape index (κ2) is 4.18. The van der Waals surface area contributed by atoms with E-state index in [1.165, 1.54) is 5.56 Å². The van der Waals surface area contributed by atoms with Crippen LogP contribution in [0.3, 0.4) is 0 Å². The average Bonchev–Trinajstić information content (AvgIpc) is 2.55. The summed E-state index contributed by atoms with van der Waals surface area (Å²) in [7, 11) is 2.04. The molecule has 3 nitrogen and oxygen atoms in total. The SMILES string of the molecule is CN1c2ccccc2C/C(=N/O)c2ccccc21. The summed E-state index contributed by atoms with van der Waals surface area (Å²) in [5.41, 5.74) is 5.09. The van der Waals surface area contributed by atoms with Crippen LogP contribution in [0, 0.1) is 0 Å². The third-order valence-corrected chi connectivity index (χ3v) is 3.41. The largest absolute Gasteiger partial charge is 0.411 e. The summed E-state index contributed by atoms with van der Waals surface area (Å²) in [6, 6.07) is 16.2. The highest BCUT2D eigenvalue weighted by molar-refractivity contribution is 6.08. The number of hydrogen-bond acceptors (Lipinski definition) is 3. The van der Waals surface area contributed by atoms with E-state index in [1.54, 1.807) is 0 Å². The van der Waals surface area contributed by atoms with Gasteiger partial charge in [0.1, 0.15) is 0 Å². The lowest BCUT2D eigenvalue weighted by molar-refractivity contribution is 0.318. The molecule has 1 aliphatic rings. The molecule has 0 aliphatic carbocycles. The number of rotatable bonds is 0. The van der Waals surface area contributed by atoms with Gasteiger partial charge >= 0.3 is 0 Å². The Labute approximate surface area is 106 Å². The van der Waals surface area contributed by atoms with E-state index in [9.17, 15) is 5.21 Å². The third-order valence-electron chi connectivity index (χ3n) is 3.41. The fourth-order valence-corrected chi connectivity index (χ4v) is 2.49. The Balaban J connectivity index is 2.28. The molecule has 0 radical (unpaired) electrons. The Morgan fingerprint density at radius 3 is 2.44 bits per heavy atom. The van der Waals surface area contributed by atoms with Crippen LogP contribution in [0.2, 0.25) is 0 Å². The zero-order chi connectivity index (χ0) is 12.5. The highest BCUT2D eigenvalue weighted by Crippen LogP contribution is 2.34. The monoisotopic (exact) mass is 238 g/mol. The Bertz CT molecular complexity index is 619. The smallest absolute Gasteiger partial charge is 0.0933 e. The summed E-state index contributed by atoms with van der Waals surface area (Å²) in [5, 5.41) is 12.7. The van der Waals surface area contributed by atoms with Gasteiger partial charge in [0.25, 0.3) is 0 Å². The number of para-hydroxylation sites is 2. The topological polar surface area (TPSA) is 35.8 Å². The van der Waals surface area contributed by atoms with E-state index < -0.39 is 0 Å². The van der Waals surface area contributed by atoms with Crippen molar-refractivity contribution in [1.29, 1.82) is 0 Å². The van der Waals surface area contributed by atoms with Crippen LogP contribution in [-0.2, 0) is 6.42 Å². The highest BCUT2D eigenvalue weighted by atomic mass is 16.4. The van der Waals surface area contributed by atoms with Crippen LogP contribution in [-0.4, -0.2) is 18.0 Å². The number of anilines is 2. The molecule has 18 heavy (non-hydrogen) atoms. The summed E-state index contributed by atoms with van der Waals surface area (Å²) in [5.74, 6) is 0. The molecule has 0 bridgehead atoms. The molecule has 0 spiro atoms. The normalized spacial score (nSPS) is 16.1. The minimum atomic E-state index is 0.647. The first-order chi connectivity index (χ1) is 8.81. The van der Waals surface area contributed by atoms with Crippen LogP contribution in [0.5, 0.6) is 0 Å². The Hall–Kier alpha value is -2.29. The van der Waals surface area contributed by atoms with Gasteiger partial charge in [0.05, 0.1) is 11.4 Å². The predicted molar refractivity (Wildman–Crippen MR) is 73.0 cm³/mol. The lowest BCUT2D eigenvalue weighted by atomic mass is 10.0. The molecule has 0 aromatic heterocycles. The Kier molecular flexibility index (Phi) is 2.52. The van der Waals surface area contributed by atoms with Crippen molar-refractivity contribution in [3.63, 3.8) is 0 Å². The summed E-state index contributed by atoms with van der Waals surface area (Å²) in [4.78, 5) is 2.14. The first kappa shape index (κ1) is 10.8. The Morgan fingerprint density at radius 2 is 1.67 bits per heavy atom. The standard InChI is InChI=1S/C15H14N2O/c1-17-14-8-4-2-6-11(14)10-13(16-18)12-7-3-5-9-15(12)17/h2-9,18H,10H2,1H3/b16-13-.